The molecule has 0 aromatic heterocycles. The van der Waals surface area contributed by atoms with Crippen molar-refractivity contribution in [2.75, 3.05) is 18.9 Å². The number of esters is 1. The van der Waals surface area contributed by atoms with Crippen LogP contribution in [-0.2, 0) is 9.47 Å². The fourth-order valence-corrected chi connectivity index (χ4v) is 1.94. The molecular formula is C13H17NO3. The minimum absolute atomic E-state index is 0.0296. The lowest BCUT2D eigenvalue weighted by Gasteiger charge is -2.22. The molecule has 92 valence electrons. The maximum atomic E-state index is 11.9. The van der Waals surface area contributed by atoms with Crippen molar-refractivity contribution in [3.05, 3.63) is 29.3 Å². The van der Waals surface area contributed by atoms with E-state index in [1.54, 1.807) is 12.1 Å². The number of carbonyl (C=O) groups excluding carboxylic acids is 1. The number of aryl methyl sites for hydroxylation is 1. The Bertz CT molecular complexity index is 391. The van der Waals surface area contributed by atoms with Gasteiger partial charge < -0.3 is 15.2 Å². The Labute approximate surface area is 101 Å². The predicted octanol–water partition coefficient (Wildman–Crippen LogP) is 1.91. The Balaban J connectivity index is 2.03. The highest BCUT2D eigenvalue weighted by atomic mass is 16.6. The van der Waals surface area contributed by atoms with Gasteiger partial charge in [-0.1, -0.05) is 0 Å². The van der Waals surface area contributed by atoms with Crippen LogP contribution in [0.1, 0.15) is 28.8 Å². The molecule has 17 heavy (non-hydrogen) atoms. The van der Waals surface area contributed by atoms with E-state index in [1.165, 1.54) is 0 Å². The quantitative estimate of drug-likeness (QED) is 0.628. The van der Waals surface area contributed by atoms with Crippen molar-refractivity contribution in [3.8, 4) is 0 Å². The Hall–Kier alpha value is -1.55. The fraction of sp³-hybridized carbons (Fsp3) is 0.462. The Morgan fingerprint density at radius 3 is 2.71 bits per heavy atom. The summed E-state index contributed by atoms with van der Waals surface area (Å²) in [7, 11) is 0. The molecule has 1 aliphatic heterocycles. The van der Waals surface area contributed by atoms with Gasteiger partial charge in [-0.05, 0) is 30.7 Å². The van der Waals surface area contributed by atoms with Gasteiger partial charge in [-0.3, -0.25) is 0 Å². The zero-order valence-electron chi connectivity index (χ0n) is 9.94. The summed E-state index contributed by atoms with van der Waals surface area (Å²) in [5.74, 6) is -0.299. The van der Waals surface area contributed by atoms with Crippen molar-refractivity contribution in [2.45, 2.75) is 25.9 Å². The molecule has 0 saturated carbocycles. The topological polar surface area (TPSA) is 61.6 Å². The Morgan fingerprint density at radius 1 is 1.35 bits per heavy atom. The second-order valence-electron chi connectivity index (χ2n) is 4.35. The number of anilines is 1. The van der Waals surface area contributed by atoms with Crippen LogP contribution >= 0.6 is 0 Å². The van der Waals surface area contributed by atoms with Gasteiger partial charge in [0.15, 0.2) is 0 Å². The number of rotatable bonds is 2. The number of benzene rings is 1. The van der Waals surface area contributed by atoms with Gasteiger partial charge in [0.2, 0.25) is 0 Å². The molecule has 4 heteroatoms. The molecule has 0 bridgehead atoms. The van der Waals surface area contributed by atoms with Crippen molar-refractivity contribution >= 4 is 11.7 Å². The average molecular weight is 235 g/mol. The highest BCUT2D eigenvalue weighted by Crippen LogP contribution is 2.16. The van der Waals surface area contributed by atoms with Gasteiger partial charge in [0, 0.05) is 18.5 Å². The summed E-state index contributed by atoms with van der Waals surface area (Å²) < 4.78 is 10.6. The third-order valence-electron chi connectivity index (χ3n) is 2.78. The van der Waals surface area contributed by atoms with Crippen molar-refractivity contribution in [1.29, 1.82) is 0 Å². The number of hydrogen-bond acceptors (Lipinski definition) is 4. The minimum atomic E-state index is -0.299. The lowest BCUT2D eigenvalue weighted by molar-refractivity contribution is -0.0159. The predicted molar refractivity (Wildman–Crippen MR) is 64.8 cm³/mol. The summed E-state index contributed by atoms with van der Waals surface area (Å²) in [5, 5.41) is 0. The standard InChI is InChI=1S/C13H17NO3/c1-9-6-10(8-11(14)7-9)13(15)17-12-2-4-16-5-3-12/h6-8,12H,2-5,14H2,1H3. The highest BCUT2D eigenvalue weighted by Gasteiger charge is 2.19. The molecule has 1 aromatic rings. The molecule has 2 N–H and O–H groups in total. The second-order valence-corrected chi connectivity index (χ2v) is 4.35. The van der Waals surface area contributed by atoms with Crippen molar-refractivity contribution < 1.29 is 14.3 Å². The van der Waals surface area contributed by atoms with Gasteiger partial charge in [-0.15, -0.1) is 0 Å². The third kappa shape index (κ3) is 3.20. The Morgan fingerprint density at radius 2 is 2.06 bits per heavy atom. The smallest absolute Gasteiger partial charge is 0.338 e. The zero-order chi connectivity index (χ0) is 12.3. The number of ether oxygens (including phenoxy) is 2. The van der Waals surface area contributed by atoms with Crippen molar-refractivity contribution in [1.82, 2.24) is 0 Å². The van der Waals surface area contributed by atoms with Gasteiger partial charge in [0.25, 0.3) is 0 Å². The van der Waals surface area contributed by atoms with Gasteiger partial charge >= 0.3 is 5.97 Å². The monoisotopic (exact) mass is 235 g/mol. The summed E-state index contributed by atoms with van der Waals surface area (Å²) in [5.41, 5.74) is 7.77. The molecule has 1 aromatic carbocycles. The minimum Gasteiger partial charge on any atom is -0.459 e. The molecule has 0 atom stereocenters. The van der Waals surface area contributed by atoms with Gasteiger partial charge in [-0.2, -0.15) is 0 Å². The zero-order valence-corrected chi connectivity index (χ0v) is 9.94. The van der Waals surface area contributed by atoms with Crippen LogP contribution in [0, 0.1) is 6.92 Å². The van der Waals surface area contributed by atoms with Crippen LogP contribution in [0.15, 0.2) is 18.2 Å². The van der Waals surface area contributed by atoms with E-state index < -0.39 is 0 Å². The summed E-state index contributed by atoms with van der Waals surface area (Å²) in [6, 6.07) is 5.26. The van der Waals surface area contributed by atoms with Gasteiger partial charge in [-0.25, -0.2) is 4.79 Å². The average Bonchev–Trinajstić information content (AvgIpc) is 2.29. The van der Waals surface area contributed by atoms with Crippen LogP contribution in [0.25, 0.3) is 0 Å². The first-order valence-electron chi connectivity index (χ1n) is 5.81. The van der Waals surface area contributed by atoms with E-state index in [-0.39, 0.29) is 12.1 Å². The van der Waals surface area contributed by atoms with E-state index in [0.29, 0.717) is 24.5 Å². The largest absolute Gasteiger partial charge is 0.459 e. The number of hydrogen-bond donors (Lipinski definition) is 1. The first-order chi connectivity index (χ1) is 8.15. The molecule has 0 amide bonds. The van der Waals surface area contributed by atoms with Crippen LogP contribution in [0.2, 0.25) is 0 Å². The van der Waals surface area contributed by atoms with Crippen molar-refractivity contribution in [2.24, 2.45) is 0 Å². The number of carbonyl (C=O) groups is 1. The van der Waals surface area contributed by atoms with Crippen LogP contribution in [0.3, 0.4) is 0 Å². The summed E-state index contributed by atoms with van der Waals surface area (Å²) in [4.78, 5) is 11.9. The summed E-state index contributed by atoms with van der Waals surface area (Å²) in [6.07, 6.45) is 1.51. The van der Waals surface area contributed by atoms with Crippen molar-refractivity contribution in [3.63, 3.8) is 0 Å². The molecule has 1 fully saturated rings. The fourth-order valence-electron chi connectivity index (χ4n) is 1.94. The van der Waals surface area contributed by atoms with E-state index in [0.717, 1.165) is 18.4 Å². The first kappa shape index (κ1) is 11.9. The molecule has 1 heterocycles. The number of nitrogen functional groups attached to an aromatic ring is 1. The molecule has 0 spiro atoms. The normalized spacial score (nSPS) is 16.8. The third-order valence-corrected chi connectivity index (χ3v) is 2.78. The van der Waals surface area contributed by atoms with E-state index in [4.69, 9.17) is 15.2 Å². The molecular weight excluding hydrogens is 218 g/mol. The lowest BCUT2D eigenvalue weighted by atomic mass is 10.1. The lowest BCUT2D eigenvalue weighted by Crippen LogP contribution is -2.26. The molecule has 1 aliphatic rings. The number of nitrogens with two attached hydrogens (primary N) is 1. The van der Waals surface area contributed by atoms with Crippen LogP contribution in [0.5, 0.6) is 0 Å². The van der Waals surface area contributed by atoms with Gasteiger partial charge in [0.1, 0.15) is 6.10 Å². The van der Waals surface area contributed by atoms with Crippen LogP contribution in [-0.4, -0.2) is 25.3 Å². The summed E-state index contributed by atoms with van der Waals surface area (Å²) in [6.45, 7) is 3.23. The summed E-state index contributed by atoms with van der Waals surface area (Å²) >= 11 is 0. The molecule has 0 unspecified atom stereocenters. The maximum absolute atomic E-state index is 11.9. The van der Waals surface area contributed by atoms with E-state index in [1.807, 2.05) is 13.0 Å². The molecule has 0 aliphatic carbocycles. The molecule has 0 radical (unpaired) electrons. The van der Waals surface area contributed by atoms with E-state index in [2.05, 4.69) is 0 Å². The molecule has 2 rings (SSSR count). The SMILES string of the molecule is Cc1cc(N)cc(C(=O)OC2CCOCC2)c1. The van der Waals surface area contributed by atoms with E-state index in [9.17, 15) is 4.79 Å². The Kier molecular flexibility index (Phi) is 3.64. The molecule has 1 saturated heterocycles. The molecule has 4 nitrogen and oxygen atoms in total. The second kappa shape index (κ2) is 5.19. The van der Waals surface area contributed by atoms with Crippen LogP contribution < -0.4 is 5.73 Å². The maximum Gasteiger partial charge on any atom is 0.338 e. The highest BCUT2D eigenvalue weighted by molar-refractivity contribution is 5.90. The first-order valence-corrected chi connectivity index (χ1v) is 5.81. The van der Waals surface area contributed by atoms with E-state index >= 15 is 0 Å². The van der Waals surface area contributed by atoms with Gasteiger partial charge in [0.05, 0.1) is 18.8 Å². The van der Waals surface area contributed by atoms with Crippen LogP contribution in [0.4, 0.5) is 5.69 Å².